The fourth-order valence-electron chi connectivity index (χ4n) is 2.59. The highest BCUT2D eigenvalue weighted by Crippen LogP contribution is 2.17. The van der Waals surface area contributed by atoms with Gasteiger partial charge in [-0.2, -0.15) is 18.4 Å². The van der Waals surface area contributed by atoms with Crippen LogP contribution in [0.1, 0.15) is 12.5 Å². The van der Waals surface area contributed by atoms with Gasteiger partial charge in [-0.25, -0.2) is 0 Å². The Balaban J connectivity index is 1.70. The Kier molecular flexibility index (Phi) is 5.95. The molecule has 2 aromatic carbocycles. The number of halogens is 1. The lowest BCUT2D eigenvalue weighted by molar-refractivity contribution is 0.122. The summed E-state index contributed by atoms with van der Waals surface area (Å²) in [5, 5.41) is 4.04. The van der Waals surface area contributed by atoms with Crippen molar-refractivity contribution in [2.24, 2.45) is 5.10 Å². The second kappa shape index (κ2) is 8.20. The van der Waals surface area contributed by atoms with E-state index >= 15 is 0 Å². The van der Waals surface area contributed by atoms with E-state index in [2.05, 4.69) is 30.8 Å². The van der Waals surface area contributed by atoms with Crippen LogP contribution in [0.4, 0.5) is 5.69 Å². The Morgan fingerprint density at radius 2 is 1.69 bits per heavy atom. The van der Waals surface area contributed by atoms with Crippen molar-refractivity contribution in [3.63, 3.8) is 0 Å². The molecule has 0 unspecified atom stereocenters. The maximum atomic E-state index is 12.3. The van der Waals surface area contributed by atoms with Crippen LogP contribution in [0.5, 0.6) is 0 Å². The predicted octanol–water partition coefficient (Wildman–Crippen LogP) is 2.99. The van der Waals surface area contributed by atoms with Gasteiger partial charge in [0.2, 0.25) is 0 Å². The Hall–Kier alpha value is -1.90. The van der Waals surface area contributed by atoms with E-state index in [1.54, 1.807) is 19.1 Å². The molecule has 0 radical (unpaired) electrons. The Labute approximate surface area is 162 Å². The molecular weight excluding hydrogens is 418 g/mol. The highest BCUT2D eigenvalue weighted by molar-refractivity contribution is 9.10. The minimum atomic E-state index is -3.69. The summed E-state index contributed by atoms with van der Waals surface area (Å²) in [4.78, 5) is 4.72. The monoisotopic (exact) mass is 437 g/mol. The van der Waals surface area contributed by atoms with Crippen LogP contribution >= 0.6 is 15.9 Å². The zero-order chi connectivity index (χ0) is 18.6. The number of morpholine rings is 1. The molecule has 0 bridgehead atoms. The summed E-state index contributed by atoms with van der Waals surface area (Å²) in [6, 6.07) is 14.3. The number of rotatable bonds is 5. The molecule has 0 aromatic heterocycles. The van der Waals surface area contributed by atoms with E-state index in [4.69, 9.17) is 4.74 Å². The molecule has 2 aromatic rings. The number of anilines is 1. The predicted molar refractivity (Wildman–Crippen MR) is 106 cm³/mol. The Morgan fingerprint density at radius 1 is 1.08 bits per heavy atom. The molecule has 6 nitrogen and oxygen atoms in total. The first-order valence-corrected chi connectivity index (χ1v) is 10.5. The lowest BCUT2D eigenvalue weighted by atomic mass is 10.1. The summed E-state index contributed by atoms with van der Waals surface area (Å²) in [6.45, 7) is 4.99. The molecule has 0 spiro atoms. The number of ether oxygens (including phenoxy) is 1. The van der Waals surface area contributed by atoms with E-state index in [1.807, 2.05) is 24.3 Å². The number of hydrogen-bond acceptors (Lipinski definition) is 5. The summed E-state index contributed by atoms with van der Waals surface area (Å²) in [5.41, 5.74) is 2.58. The fourth-order valence-corrected chi connectivity index (χ4v) is 3.72. The number of hydrogen-bond donors (Lipinski definition) is 1. The SMILES string of the molecule is CC(=NNS(=O)(=O)c1ccc(Br)cc1)c1ccc(N2CCOCC2)cc1. The van der Waals surface area contributed by atoms with Crippen molar-refractivity contribution < 1.29 is 13.2 Å². The number of hydrazone groups is 1. The molecule has 3 rings (SSSR count). The van der Waals surface area contributed by atoms with Crippen LogP contribution in [0.3, 0.4) is 0 Å². The molecule has 1 saturated heterocycles. The van der Waals surface area contributed by atoms with Crippen molar-refractivity contribution in [1.29, 1.82) is 0 Å². The Bertz CT molecular complexity index is 875. The van der Waals surface area contributed by atoms with Gasteiger partial charge in [0.15, 0.2) is 0 Å². The van der Waals surface area contributed by atoms with Crippen molar-refractivity contribution >= 4 is 37.4 Å². The van der Waals surface area contributed by atoms with E-state index < -0.39 is 10.0 Å². The smallest absolute Gasteiger partial charge is 0.276 e. The van der Waals surface area contributed by atoms with E-state index in [0.29, 0.717) is 5.71 Å². The normalized spacial score (nSPS) is 15.8. The maximum absolute atomic E-state index is 12.3. The van der Waals surface area contributed by atoms with Gasteiger partial charge >= 0.3 is 0 Å². The van der Waals surface area contributed by atoms with Crippen molar-refractivity contribution in [3.8, 4) is 0 Å². The van der Waals surface area contributed by atoms with Gasteiger partial charge in [0.1, 0.15) is 0 Å². The number of nitrogens with one attached hydrogen (secondary N) is 1. The van der Waals surface area contributed by atoms with Crippen LogP contribution < -0.4 is 9.73 Å². The summed E-state index contributed by atoms with van der Waals surface area (Å²) in [7, 11) is -3.69. The molecule has 0 aliphatic carbocycles. The third-order valence-corrected chi connectivity index (χ3v) is 5.87. The molecular formula is C18H20BrN3O3S. The molecule has 1 heterocycles. The molecule has 8 heteroatoms. The number of sulfonamides is 1. The second-order valence-electron chi connectivity index (χ2n) is 5.89. The van der Waals surface area contributed by atoms with Crippen LogP contribution in [0, 0.1) is 0 Å². The van der Waals surface area contributed by atoms with E-state index in [1.165, 1.54) is 12.1 Å². The third-order valence-electron chi connectivity index (χ3n) is 4.12. The minimum absolute atomic E-state index is 0.167. The minimum Gasteiger partial charge on any atom is -0.378 e. The molecule has 1 fully saturated rings. The van der Waals surface area contributed by atoms with E-state index in [-0.39, 0.29) is 4.90 Å². The largest absolute Gasteiger partial charge is 0.378 e. The van der Waals surface area contributed by atoms with Gasteiger partial charge in [-0.05, 0) is 48.9 Å². The first-order valence-electron chi connectivity index (χ1n) is 8.20. The average Bonchev–Trinajstić information content (AvgIpc) is 2.67. The first-order chi connectivity index (χ1) is 12.5. The van der Waals surface area contributed by atoms with Crippen LogP contribution in [0.25, 0.3) is 0 Å². The maximum Gasteiger partial charge on any atom is 0.276 e. The average molecular weight is 438 g/mol. The van der Waals surface area contributed by atoms with Gasteiger partial charge in [0.05, 0.1) is 23.8 Å². The van der Waals surface area contributed by atoms with E-state index in [9.17, 15) is 8.42 Å². The molecule has 1 N–H and O–H groups in total. The molecule has 0 atom stereocenters. The van der Waals surface area contributed by atoms with Gasteiger partial charge in [-0.3, -0.25) is 0 Å². The standard InChI is InChI=1S/C18H20BrN3O3S/c1-14(20-21-26(23,24)18-8-4-16(19)5-9-18)15-2-6-17(7-3-15)22-10-12-25-13-11-22/h2-9,21H,10-13H2,1H3. The first kappa shape index (κ1) is 18.9. The van der Waals surface area contributed by atoms with Crippen molar-refractivity contribution in [1.82, 2.24) is 4.83 Å². The summed E-state index contributed by atoms with van der Waals surface area (Å²) in [6.07, 6.45) is 0. The highest BCUT2D eigenvalue weighted by Gasteiger charge is 2.13. The summed E-state index contributed by atoms with van der Waals surface area (Å²) < 4.78 is 30.8. The van der Waals surface area contributed by atoms with Crippen LogP contribution in [0.2, 0.25) is 0 Å². The second-order valence-corrected chi connectivity index (χ2v) is 8.47. The zero-order valence-corrected chi connectivity index (χ0v) is 16.8. The van der Waals surface area contributed by atoms with Crippen LogP contribution in [-0.4, -0.2) is 40.4 Å². The number of benzene rings is 2. The zero-order valence-electron chi connectivity index (χ0n) is 14.4. The lowest BCUT2D eigenvalue weighted by Gasteiger charge is -2.28. The van der Waals surface area contributed by atoms with Crippen molar-refractivity contribution in [2.45, 2.75) is 11.8 Å². The van der Waals surface area contributed by atoms with Gasteiger partial charge in [0, 0.05) is 23.2 Å². The molecule has 0 saturated carbocycles. The molecule has 26 heavy (non-hydrogen) atoms. The van der Waals surface area contributed by atoms with Gasteiger partial charge in [-0.15, -0.1) is 0 Å². The number of nitrogens with zero attached hydrogens (tertiary/aromatic N) is 2. The summed E-state index contributed by atoms with van der Waals surface area (Å²) in [5.74, 6) is 0. The summed E-state index contributed by atoms with van der Waals surface area (Å²) >= 11 is 3.29. The molecule has 1 aliphatic rings. The Morgan fingerprint density at radius 3 is 2.31 bits per heavy atom. The van der Waals surface area contributed by atoms with Gasteiger partial charge in [0.25, 0.3) is 10.0 Å². The fraction of sp³-hybridized carbons (Fsp3) is 0.278. The van der Waals surface area contributed by atoms with Crippen LogP contribution in [-0.2, 0) is 14.8 Å². The van der Waals surface area contributed by atoms with Crippen molar-refractivity contribution in [3.05, 3.63) is 58.6 Å². The lowest BCUT2D eigenvalue weighted by Crippen LogP contribution is -2.36. The molecule has 1 aliphatic heterocycles. The molecule has 138 valence electrons. The van der Waals surface area contributed by atoms with Crippen molar-refractivity contribution in [2.75, 3.05) is 31.2 Å². The van der Waals surface area contributed by atoms with Gasteiger partial charge < -0.3 is 9.64 Å². The third kappa shape index (κ3) is 4.63. The topological polar surface area (TPSA) is 71.0 Å². The van der Waals surface area contributed by atoms with Gasteiger partial charge in [-0.1, -0.05) is 28.1 Å². The molecule has 0 amide bonds. The quantitative estimate of drug-likeness (QED) is 0.576. The highest BCUT2D eigenvalue weighted by atomic mass is 79.9. The van der Waals surface area contributed by atoms with Crippen LogP contribution in [0.15, 0.2) is 63.0 Å². The van der Waals surface area contributed by atoms with E-state index in [0.717, 1.165) is 42.0 Å².